The molecule has 168 valence electrons. The maximum Gasteiger partial charge on any atom is 0.256 e. The second kappa shape index (κ2) is 10.5. The number of carbonyl (C=O) groups excluding carboxylic acids is 1. The van der Waals surface area contributed by atoms with Crippen molar-refractivity contribution < 1.29 is 4.79 Å². The standard InChI is InChI=1S/C26H28N6O/c1-2-3-4-5-6-7-10-20-17-29-25(27)22-23(31-32-24(20)22)18-12-14-19(15-13-18)26(33)30-21-11-8-9-16-28-21/h2,8-9,11-17H,1,3-7,10H2,(H2,27,29)(H,31,32)(H,28,30,33). The monoisotopic (exact) mass is 440 g/mol. The first kappa shape index (κ1) is 22.2. The summed E-state index contributed by atoms with van der Waals surface area (Å²) in [5.41, 5.74) is 10.4. The summed E-state index contributed by atoms with van der Waals surface area (Å²) < 4.78 is 0. The molecular formula is C26H28N6O. The molecule has 4 rings (SSSR count). The quantitative estimate of drug-likeness (QED) is 0.222. The number of pyridine rings is 2. The highest BCUT2D eigenvalue weighted by molar-refractivity contribution is 6.05. The number of amides is 1. The first-order valence-electron chi connectivity index (χ1n) is 11.2. The third-order valence-corrected chi connectivity index (χ3v) is 5.63. The number of aryl methyl sites for hydroxylation is 1. The Morgan fingerprint density at radius 1 is 1.06 bits per heavy atom. The Morgan fingerprint density at radius 2 is 1.88 bits per heavy atom. The van der Waals surface area contributed by atoms with Gasteiger partial charge >= 0.3 is 0 Å². The number of nitrogens with two attached hydrogens (primary N) is 1. The van der Waals surface area contributed by atoms with E-state index in [2.05, 4.69) is 32.1 Å². The van der Waals surface area contributed by atoms with Gasteiger partial charge in [-0.3, -0.25) is 9.89 Å². The Balaban J connectivity index is 1.50. The summed E-state index contributed by atoms with van der Waals surface area (Å²) in [5, 5.41) is 11.3. The predicted molar refractivity (Wildman–Crippen MR) is 133 cm³/mol. The van der Waals surface area contributed by atoms with Gasteiger partial charge < -0.3 is 11.1 Å². The highest BCUT2D eigenvalue weighted by Crippen LogP contribution is 2.32. The average Bonchev–Trinajstić information content (AvgIpc) is 3.30. The number of allylic oxidation sites excluding steroid dienone is 1. The lowest BCUT2D eigenvalue weighted by atomic mass is 10.0. The summed E-state index contributed by atoms with van der Waals surface area (Å²) >= 11 is 0. The zero-order valence-corrected chi connectivity index (χ0v) is 18.6. The van der Waals surface area contributed by atoms with Crippen molar-refractivity contribution in [3.05, 3.63) is 78.6 Å². The highest BCUT2D eigenvalue weighted by atomic mass is 16.1. The van der Waals surface area contributed by atoms with Crippen molar-refractivity contribution in [3.8, 4) is 11.3 Å². The fraction of sp³-hybridized carbons (Fsp3) is 0.231. The van der Waals surface area contributed by atoms with Crippen molar-refractivity contribution in [2.75, 3.05) is 11.1 Å². The fourth-order valence-corrected chi connectivity index (χ4v) is 3.86. The zero-order valence-electron chi connectivity index (χ0n) is 18.6. The smallest absolute Gasteiger partial charge is 0.256 e. The Labute approximate surface area is 193 Å². The zero-order chi connectivity index (χ0) is 23.0. The molecule has 4 aromatic rings. The molecule has 0 radical (unpaired) electrons. The summed E-state index contributed by atoms with van der Waals surface area (Å²) in [6, 6.07) is 12.7. The van der Waals surface area contributed by atoms with E-state index in [4.69, 9.17) is 5.73 Å². The van der Waals surface area contributed by atoms with Crippen molar-refractivity contribution in [3.63, 3.8) is 0 Å². The van der Waals surface area contributed by atoms with Crippen LogP contribution in [0.15, 0.2) is 67.5 Å². The SMILES string of the molecule is C=CCCCCCCc1cnc(N)c2c(-c3ccc(C(=O)Nc4ccccn4)cc3)[nH]nc12. The van der Waals surface area contributed by atoms with Gasteiger partial charge in [0, 0.05) is 23.5 Å². The first-order chi connectivity index (χ1) is 16.2. The topological polar surface area (TPSA) is 110 Å². The summed E-state index contributed by atoms with van der Waals surface area (Å²) in [4.78, 5) is 21.0. The fourth-order valence-electron chi connectivity index (χ4n) is 3.86. The number of H-pyrrole nitrogens is 1. The van der Waals surface area contributed by atoms with Gasteiger partial charge in [0.1, 0.15) is 17.2 Å². The minimum Gasteiger partial charge on any atom is -0.383 e. The van der Waals surface area contributed by atoms with E-state index in [0.29, 0.717) is 17.2 Å². The number of anilines is 2. The molecule has 0 atom stereocenters. The molecule has 0 saturated carbocycles. The van der Waals surface area contributed by atoms with Gasteiger partial charge in [-0.05, 0) is 55.5 Å². The maximum absolute atomic E-state index is 12.5. The minimum atomic E-state index is -0.216. The number of nitrogens with one attached hydrogen (secondary N) is 2. The van der Waals surface area contributed by atoms with Crippen LogP contribution in [0.2, 0.25) is 0 Å². The third kappa shape index (κ3) is 5.26. The number of benzene rings is 1. The molecule has 3 heterocycles. The summed E-state index contributed by atoms with van der Waals surface area (Å²) in [6.45, 7) is 3.77. The molecule has 4 N–H and O–H groups in total. The first-order valence-corrected chi connectivity index (χ1v) is 11.2. The van der Waals surface area contributed by atoms with Crippen LogP contribution in [0.3, 0.4) is 0 Å². The van der Waals surface area contributed by atoms with E-state index in [-0.39, 0.29) is 5.91 Å². The number of carbonyl (C=O) groups is 1. The number of fused-ring (bicyclic) bond motifs is 1. The molecule has 7 nitrogen and oxygen atoms in total. The summed E-state index contributed by atoms with van der Waals surface area (Å²) in [6.07, 6.45) is 12.0. The Kier molecular flexibility index (Phi) is 7.09. The van der Waals surface area contributed by atoms with Crippen LogP contribution in [0.25, 0.3) is 22.2 Å². The normalized spacial score (nSPS) is 10.9. The molecule has 0 aliphatic carbocycles. The second-order valence-corrected chi connectivity index (χ2v) is 7.98. The van der Waals surface area contributed by atoms with Crippen LogP contribution in [0.1, 0.15) is 48.0 Å². The van der Waals surface area contributed by atoms with Gasteiger partial charge in [0.2, 0.25) is 0 Å². The predicted octanol–water partition coefficient (Wildman–Crippen LogP) is 5.53. The minimum absolute atomic E-state index is 0.216. The van der Waals surface area contributed by atoms with Gasteiger partial charge in [0.25, 0.3) is 5.91 Å². The van der Waals surface area contributed by atoms with Crippen LogP contribution in [0.5, 0.6) is 0 Å². The van der Waals surface area contributed by atoms with Gasteiger partial charge in [-0.15, -0.1) is 6.58 Å². The molecule has 1 amide bonds. The Morgan fingerprint density at radius 3 is 2.64 bits per heavy atom. The Bertz CT molecular complexity index is 1230. The van der Waals surface area contributed by atoms with Crippen molar-refractivity contribution in [1.82, 2.24) is 20.2 Å². The van der Waals surface area contributed by atoms with Gasteiger partial charge in [-0.25, -0.2) is 9.97 Å². The van der Waals surface area contributed by atoms with Crippen LogP contribution < -0.4 is 11.1 Å². The third-order valence-electron chi connectivity index (χ3n) is 5.63. The number of nitrogen functional groups attached to an aromatic ring is 1. The van der Waals surface area contributed by atoms with Crippen LogP contribution in [0.4, 0.5) is 11.6 Å². The van der Waals surface area contributed by atoms with Crippen LogP contribution in [-0.2, 0) is 6.42 Å². The number of hydrogen-bond donors (Lipinski definition) is 3. The number of nitrogens with zero attached hydrogens (tertiary/aromatic N) is 3. The lowest BCUT2D eigenvalue weighted by Crippen LogP contribution is -2.12. The largest absolute Gasteiger partial charge is 0.383 e. The van der Waals surface area contributed by atoms with E-state index in [1.54, 1.807) is 30.5 Å². The second-order valence-electron chi connectivity index (χ2n) is 7.98. The maximum atomic E-state index is 12.5. The average molecular weight is 441 g/mol. The number of rotatable bonds is 10. The summed E-state index contributed by atoms with van der Waals surface area (Å²) in [7, 11) is 0. The molecule has 7 heteroatoms. The van der Waals surface area contributed by atoms with Crippen LogP contribution in [0, 0.1) is 0 Å². The van der Waals surface area contributed by atoms with Gasteiger partial charge in [-0.2, -0.15) is 5.10 Å². The molecule has 1 aromatic carbocycles. The van der Waals surface area contributed by atoms with Crippen molar-refractivity contribution >= 4 is 28.4 Å². The molecular weight excluding hydrogens is 412 g/mol. The highest BCUT2D eigenvalue weighted by Gasteiger charge is 2.16. The van der Waals surface area contributed by atoms with E-state index in [0.717, 1.165) is 47.0 Å². The molecule has 0 saturated heterocycles. The molecule has 0 fully saturated rings. The molecule has 0 bridgehead atoms. The Hall–Kier alpha value is -4.00. The van der Waals surface area contributed by atoms with Crippen molar-refractivity contribution in [2.45, 2.75) is 38.5 Å². The van der Waals surface area contributed by atoms with E-state index in [1.807, 2.05) is 30.5 Å². The number of aromatic amines is 1. The van der Waals surface area contributed by atoms with E-state index in [1.165, 1.54) is 19.3 Å². The van der Waals surface area contributed by atoms with Gasteiger partial charge in [0.15, 0.2) is 0 Å². The van der Waals surface area contributed by atoms with E-state index in [9.17, 15) is 4.79 Å². The van der Waals surface area contributed by atoms with Crippen LogP contribution >= 0.6 is 0 Å². The lowest BCUT2D eigenvalue weighted by Gasteiger charge is -2.07. The molecule has 0 spiro atoms. The number of hydrogen-bond acceptors (Lipinski definition) is 5. The molecule has 0 unspecified atom stereocenters. The molecule has 0 aliphatic heterocycles. The van der Waals surface area contributed by atoms with Gasteiger partial charge in [0.05, 0.1) is 11.1 Å². The molecule has 0 aliphatic rings. The number of unbranched alkanes of at least 4 members (excludes halogenated alkanes) is 4. The van der Waals surface area contributed by atoms with Crippen molar-refractivity contribution in [2.24, 2.45) is 0 Å². The lowest BCUT2D eigenvalue weighted by molar-refractivity contribution is 0.102. The van der Waals surface area contributed by atoms with E-state index >= 15 is 0 Å². The van der Waals surface area contributed by atoms with E-state index < -0.39 is 0 Å². The molecule has 3 aromatic heterocycles. The van der Waals surface area contributed by atoms with Crippen molar-refractivity contribution in [1.29, 1.82) is 0 Å². The summed E-state index contributed by atoms with van der Waals surface area (Å²) in [5.74, 6) is 0.741. The van der Waals surface area contributed by atoms with Gasteiger partial charge in [-0.1, -0.05) is 37.1 Å². The number of aromatic nitrogens is 4. The molecule has 33 heavy (non-hydrogen) atoms. The van der Waals surface area contributed by atoms with Crippen LogP contribution in [-0.4, -0.2) is 26.1 Å².